The van der Waals surface area contributed by atoms with E-state index in [1.54, 1.807) is 31.6 Å². The van der Waals surface area contributed by atoms with Gasteiger partial charge in [-0.25, -0.2) is 4.21 Å². The molecule has 1 N–H and O–H groups in total. The molecule has 0 radical (unpaired) electrons. The topological polar surface area (TPSA) is 50.7 Å². The molecule has 0 fully saturated rings. The molecule has 0 aliphatic carbocycles. The van der Waals surface area contributed by atoms with E-state index in [-0.39, 0.29) is 5.11 Å². The third-order valence-electron chi connectivity index (χ3n) is 2.76. The monoisotopic (exact) mass is 320 g/mol. The number of nitrogens with zero attached hydrogens (tertiary/aromatic N) is 1. The molecule has 0 amide bonds. The number of thiocarbonyl (C=S) groups is 1. The van der Waals surface area contributed by atoms with Crippen LogP contribution in [-0.4, -0.2) is 22.7 Å². The highest BCUT2D eigenvalue weighted by molar-refractivity contribution is 7.94. The second kappa shape index (κ2) is 6.69. The van der Waals surface area contributed by atoms with Gasteiger partial charge in [0, 0.05) is 22.9 Å². The van der Waals surface area contributed by atoms with Crippen LogP contribution in [0.15, 0.2) is 63.9 Å². The van der Waals surface area contributed by atoms with Crippen LogP contribution in [0, 0.1) is 0 Å². The van der Waals surface area contributed by atoms with Crippen LogP contribution in [0.25, 0.3) is 0 Å². The Balaban J connectivity index is 2.21. The Morgan fingerprint density at radius 1 is 1.19 bits per heavy atom. The summed E-state index contributed by atoms with van der Waals surface area (Å²) in [6.45, 7) is 0. The Labute approximate surface area is 130 Å². The van der Waals surface area contributed by atoms with Gasteiger partial charge < -0.3 is 10.1 Å². The van der Waals surface area contributed by atoms with E-state index >= 15 is 0 Å². The largest absolute Gasteiger partial charge is 0.497 e. The fourth-order valence-corrected chi connectivity index (χ4v) is 3.41. The van der Waals surface area contributed by atoms with E-state index in [2.05, 4.69) is 9.68 Å². The van der Waals surface area contributed by atoms with Gasteiger partial charge in [-0.1, -0.05) is 24.3 Å². The number of ether oxygens (including phenoxy) is 1. The molecule has 1 unspecified atom stereocenters. The molecule has 0 bridgehead atoms. The van der Waals surface area contributed by atoms with E-state index in [1.807, 2.05) is 36.4 Å². The number of methoxy groups -OCH3 is 1. The average Bonchev–Trinajstić information content (AvgIpc) is 2.47. The number of benzene rings is 2. The van der Waals surface area contributed by atoms with E-state index in [0.29, 0.717) is 10.6 Å². The zero-order chi connectivity index (χ0) is 15.3. The van der Waals surface area contributed by atoms with Crippen molar-refractivity contribution >= 4 is 32.7 Å². The van der Waals surface area contributed by atoms with E-state index in [1.165, 1.54) is 0 Å². The van der Waals surface area contributed by atoms with Gasteiger partial charge in [-0.15, -0.1) is 0 Å². The molecule has 0 saturated carbocycles. The minimum absolute atomic E-state index is 0.180. The van der Waals surface area contributed by atoms with Crippen LogP contribution in [0.5, 0.6) is 5.75 Å². The highest BCUT2D eigenvalue weighted by Crippen LogP contribution is 2.17. The van der Waals surface area contributed by atoms with E-state index in [9.17, 15) is 4.21 Å². The van der Waals surface area contributed by atoms with E-state index in [0.717, 1.165) is 5.69 Å². The molecule has 2 aromatic rings. The molecule has 0 aliphatic heterocycles. The third kappa shape index (κ3) is 4.27. The van der Waals surface area contributed by atoms with E-state index < -0.39 is 9.73 Å². The van der Waals surface area contributed by atoms with Crippen molar-refractivity contribution in [3.8, 4) is 5.75 Å². The van der Waals surface area contributed by atoms with Crippen LogP contribution < -0.4 is 10.1 Å². The second-order valence-corrected chi connectivity index (χ2v) is 7.01. The van der Waals surface area contributed by atoms with Gasteiger partial charge in [0.15, 0.2) is 0 Å². The van der Waals surface area contributed by atoms with Gasteiger partial charge in [-0.05, 0) is 36.5 Å². The van der Waals surface area contributed by atoms with Gasteiger partial charge in [0.25, 0.3) is 0 Å². The van der Waals surface area contributed by atoms with Crippen LogP contribution in [0.1, 0.15) is 0 Å². The fraction of sp³-hybridized carbons (Fsp3) is 0.133. The molecule has 2 aromatic carbocycles. The maximum Gasteiger partial charge on any atom is 0.206 e. The lowest BCUT2D eigenvalue weighted by Gasteiger charge is -2.08. The van der Waals surface area contributed by atoms with Crippen molar-refractivity contribution < 1.29 is 8.95 Å². The SMILES string of the molecule is COc1cccc(NC(=S)N=S(C)(=O)c2ccccc2)c1. The van der Waals surface area contributed by atoms with Crippen LogP contribution in [0.3, 0.4) is 0 Å². The number of hydrogen-bond acceptors (Lipinski definition) is 3. The van der Waals surface area contributed by atoms with Crippen LogP contribution in [-0.2, 0) is 9.73 Å². The molecule has 1 atom stereocenters. The molecular formula is C15H16N2O2S2. The second-order valence-electron chi connectivity index (χ2n) is 4.37. The predicted molar refractivity (Wildman–Crippen MR) is 90.4 cm³/mol. The summed E-state index contributed by atoms with van der Waals surface area (Å²) in [6.07, 6.45) is 1.57. The Kier molecular flexibility index (Phi) is 4.93. The van der Waals surface area contributed by atoms with Gasteiger partial charge >= 0.3 is 0 Å². The van der Waals surface area contributed by atoms with Crippen molar-refractivity contribution in [3.63, 3.8) is 0 Å². The lowest BCUT2D eigenvalue weighted by atomic mass is 10.3. The van der Waals surface area contributed by atoms with Crippen molar-refractivity contribution in [2.24, 2.45) is 4.36 Å². The minimum atomic E-state index is -2.56. The summed E-state index contributed by atoms with van der Waals surface area (Å²) in [5.74, 6) is 0.711. The maximum absolute atomic E-state index is 12.6. The number of anilines is 1. The summed E-state index contributed by atoms with van der Waals surface area (Å²) >= 11 is 5.17. The van der Waals surface area contributed by atoms with Crippen molar-refractivity contribution in [1.29, 1.82) is 0 Å². The van der Waals surface area contributed by atoms with Gasteiger partial charge in [-0.3, -0.25) is 0 Å². The van der Waals surface area contributed by atoms with Crippen LogP contribution in [0.4, 0.5) is 5.69 Å². The number of nitrogens with one attached hydrogen (secondary N) is 1. The molecule has 0 spiro atoms. The lowest BCUT2D eigenvalue weighted by Crippen LogP contribution is -2.10. The van der Waals surface area contributed by atoms with Gasteiger partial charge in [0.05, 0.1) is 16.8 Å². The fourth-order valence-electron chi connectivity index (χ4n) is 1.73. The Bertz CT molecular complexity index is 751. The smallest absolute Gasteiger partial charge is 0.206 e. The summed E-state index contributed by atoms with van der Waals surface area (Å²) in [6, 6.07) is 16.4. The Morgan fingerprint density at radius 3 is 2.57 bits per heavy atom. The molecule has 0 heterocycles. The van der Waals surface area contributed by atoms with Crippen molar-refractivity contribution in [2.45, 2.75) is 4.90 Å². The average molecular weight is 320 g/mol. The first-order valence-electron chi connectivity index (χ1n) is 6.23. The van der Waals surface area contributed by atoms with Crippen LogP contribution >= 0.6 is 12.2 Å². The Hall–Kier alpha value is -1.92. The predicted octanol–water partition coefficient (Wildman–Crippen LogP) is 3.55. The summed E-state index contributed by atoms with van der Waals surface area (Å²) in [7, 11) is -0.962. The first-order chi connectivity index (χ1) is 10.0. The molecule has 110 valence electrons. The third-order valence-corrected chi connectivity index (χ3v) is 4.75. The molecular weight excluding hydrogens is 304 g/mol. The minimum Gasteiger partial charge on any atom is -0.497 e. The zero-order valence-electron chi connectivity index (χ0n) is 11.8. The Morgan fingerprint density at radius 2 is 1.90 bits per heavy atom. The zero-order valence-corrected chi connectivity index (χ0v) is 13.4. The molecule has 0 saturated heterocycles. The standard InChI is InChI=1S/C15H16N2O2S2/c1-19-13-8-6-7-12(11-13)16-15(20)17-21(2,18)14-9-4-3-5-10-14/h3-11H,1-2H3,(H,16,20). The van der Waals surface area contributed by atoms with Gasteiger partial charge in [0.1, 0.15) is 5.75 Å². The van der Waals surface area contributed by atoms with Crippen LogP contribution in [0.2, 0.25) is 0 Å². The van der Waals surface area contributed by atoms with E-state index in [4.69, 9.17) is 17.0 Å². The summed E-state index contributed by atoms with van der Waals surface area (Å²) in [4.78, 5) is 0.653. The van der Waals surface area contributed by atoms with Crippen molar-refractivity contribution in [3.05, 3.63) is 54.6 Å². The number of rotatable bonds is 3. The lowest BCUT2D eigenvalue weighted by molar-refractivity contribution is 0.415. The highest BCUT2D eigenvalue weighted by atomic mass is 32.2. The molecule has 6 heteroatoms. The summed E-state index contributed by atoms with van der Waals surface area (Å²) in [5.41, 5.74) is 0.742. The molecule has 21 heavy (non-hydrogen) atoms. The number of hydrogen-bond donors (Lipinski definition) is 1. The van der Waals surface area contributed by atoms with Crippen molar-refractivity contribution in [1.82, 2.24) is 0 Å². The van der Waals surface area contributed by atoms with Crippen molar-refractivity contribution in [2.75, 3.05) is 18.7 Å². The molecule has 4 nitrogen and oxygen atoms in total. The summed E-state index contributed by atoms with van der Waals surface area (Å²) in [5, 5.41) is 3.13. The first-order valence-corrected chi connectivity index (χ1v) is 8.57. The van der Waals surface area contributed by atoms with Gasteiger partial charge in [-0.2, -0.15) is 4.36 Å². The maximum atomic E-state index is 12.6. The van der Waals surface area contributed by atoms with Gasteiger partial charge in [0.2, 0.25) is 5.11 Å². The first kappa shape index (κ1) is 15.5. The molecule has 2 rings (SSSR count). The molecule has 0 aromatic heterocycles. The normalized spacial score (nSPS) is 13.0. The highest BCUT2D eigenvalue weighted by Gasteiger charge is 2.07. The summed E-state index contributed by atoms with van der Waals surface area (Å²) < 4.78 is 21.9. The molecule has 0 aliphatic rings. The quantitative estimate of drug-likeness (QED) is 0.879.